The molecule has 0 spiro atoms. The number of halogens is 1. The molecule has 0 aliphatic heterocycles. The monoisotopic (exact) mass is 279 g/mol. The van der Waals surface area contributed by atoms with Crippen LogP contribution in [0, 0.1) is 0 Å². The van der Waals surface area contributed by atoms with E-state index in [-0.39, 0.29) is 0 Å². The number of benzene rings is 1. The van der Waals surface area contributed by atoms with Crippen LogP contribution in [0.1, 0.15) is 18.2 Å². The van der Waals surface area contributed by atoms with Crippen molar-refractivity contribution in [2.75, 3.05) is 6.54 Å². The van der Waals surface area contributed by atoms with Gasteiger partial charge in [-0.25, -0.2) is 0 Å². The van der Waals surface area contributed by atoms with Crippen molar-refractivity contribution in [3.63, 3.8) is 0 Å². The lowest BCUT2D eigenvalue weighted by atomic mass is 10.2. The van der Waals surface area contributed by atoms with Gasteiger partial charge in [0.2, 0.25) is 0 Å². The lowest BCUT2D eigenvalue weighted by Gasteiger charge is -2.12. The fourth-order valence-corrected chi connectivity index (χ4v) is 2.05. The lowest BCUT2D eigenvalue weighted by Crippen LogP contribution is -2.13. The van der Waals surface area contributed by atoms with Crippen LogP contribution in [0.15, 0.2) is 30.5 Å². The molecule has 0 aliphatic carbocycles. The number of hydrogen-bond acceptors (Lipinski definition) is 3. The minimum Gasteiger partial charge on any atom is -0.485 e. The molecule has 5 heteroatoms. The first-order chi connectivity index (χ1) is 9.20. The highest BCUT2D eigenvalue weighted by Crippen LogP contribution is 2.29. The van der Waals surface area contributed by atoms with E-state index in [4.69, 9.17) is 16.3 Å². The minimum atomic E-state index is 0.420. The predicted molar refractivity (Wildman–Crippen MR) is 76.4 cm³/mol. The summed E-state index contributed by atoms with van der Waals surface area (Å²) in [5.41, 5.74) is 1.95. The molecule has 1 N–H and O–H groups in total. The Labute approximate surface area is 118 Å². The SMILES string of the molecule is CCNCc1cccc(Cl)c1OCc1ccn(C)n1. The molecule has 0 fully saturated rings. The standard InChI is InChI=1S/C14H18ClN3O/c1-3-16-9-11-5-4-6-13(15)14(11)19-10-12-7-8-18(2)17-12/h4-8,16H,3,9-10H2,1-2H3. The van der Waals surface area contributed by atoms with E-state index in [1.54, 1.807) is 4.68 Å². The second-order valence-corrected chi connectivity index (χ2v) is 4.69. The lowest BCUT2D eigenvalue weighted by molar-refractivity contribution is 0.296. The first-order valence-electron chi connectivity index (χ1n) is 6.30. The number of rotatable bonds is 6. The molecule has 0 radical (unpaired) electrons. The van der Waals surface area contributed by atoms with Crippen LogP contribution >= 0.6 is 11.6 Å². The molecule has 0 aliphatic rings. The first kappa shape index (κ1) is 13.9. The highest BCUT2D eigenvalue weighted by Gasteiger charge is 2.09. The number of para-hydroxylation sites is 1. The van der Waals surface area contributed by atoms with Crippen molar-refractivity contribution in [3.05, 3.63) is 46.7 Å². The van der Waals surface area contributed by atoms with Crippen LogP contribution in [0.25, 0.3) is 0 Å². The molecular weight excluding hydrogens is 262 g/mol. The third kappa shape index (κ3) is 3.72. The highest BCUT2D eigenvalue weighted by atomic mass is 35.5. The summed E-state index contributed by atoms with van der Waals surface area (Å²) in [5, 5.41) is 8.19. The van der Waals surface area contributed by atoms with Crippen molar-refractivity contribution in [2.45, 2.75) is 20.1 Å². The van der Waals surface area contributed by atoms with Crippen molar-refractivity contribution in [1.29, 1.82) is 0 Å². The van der Waals surface area contributed by atoms with Crippen molar-refractivity contribution >= 4 is 11.6 Å². The summed E-state index contributed by atoms with van der Waals surface area (Å²) in [7, 11) is 1.88. The fraction of sp³-hybridized carbons (Fsp3) is 0.357. The zero-order chi connectivity index (χ0) is 13.7. The quantitative estimate of drug-likeness (QED) is 0.884. The molecule has 2 aromatic rings. The number of hydrogen-bond donors (Lipinski definition) is 1. The summed E-state index contributed by atoms with van der Waals surface area (Å²) >= 11 is 6.20. The summed E-state index contributed by atoms with van der Waals surface area (Å²) in [6.07, 6.45) is 1.89. The molecule has 0 saturated heterocycles. The Morgan fingerprint density at radius 1 is 1.37 bits per heavy atom. The van der Waals surface area contributed by atoms with E-state index < -0.39 is 0 Å². The third-order valence-corrected chi connectivity index (χ3v) is 3.04. The predicted octanol–water partition coefficient (Wildman–Crippen LogP) is 2.76. The van der Waals surface area contributed by atoms with Gasteiger partial charge in [0, 0.05) is 25.4 Å². The molecule has 0 unspecified atom stereocenters. The minimum absolute atomic E-state index is 0.420. The topological polar surface area (TPSA) is 39.1 Å². The van der Waals surface area contributed by atoms with E-state index in [0.29, 0.717) is 11.6 Å². The average molecular weight is 280 g/mol. The average Bonchev–Trinajstić information content (AvgIpc) is 2.81. The van der Waals surface area contributed by atoms with Crippen LogP contribution in [0.5, 0.6) is 5.75 Å². The largest absolute Gasteiger partial charge is 0.485 e. The van der Waals surface area contributed by atoms with Crippen LogP contribution < -0.4 is 10.1 Å². The van der Waals surface area contributed by atoms with E-state index in [0.717, 1.165) is 30.1 Å². The molecule has 19 heavy (non-hydrogen) atoms. The summed E-state index contributed by atoms with van der Waals surface area (Å²) in [5.74, 6) is 0.732. The van der Waals surface area contributed by atoms with Crippen molar-refractivity contribution in [3.8, 4) is 5.75 Å². The molecule has 1 heterocycles. The molecule has 0 amide bonds. The van der Waals surface area contributed by atoms with E-state index in [1.807, 2.05) is 37.5 Å². The van der Waals surface area contributed by atoms with Crippen LogP contribution in [-0.2, 0) is 20.2 Å². The van der Waals surface area contributed by atoms with E-state index >= 15 is 0 Å². The van der Waals surface area contributed by atoms with Gasteiger partial charge in [-0.2, -0.15) is 5.10 Å². The summed E-state index contributed by atoms with van der Waals surface area (Å²) in [6, 6.07) is 7.72. The molecule has 4 nitrogen and oxygen atoms in total. The molecule has 0 atom stereocenters. The van der Waals surface area contributed by atoms with Crippen LogP contribution in [-0.4, -0.2) is 16.3 Å². The normalized spacial score (nSPS) is 10.7. The van der Waals surface area contributed by atoms with E-state index in [9.17, 15) is 0 Å². The number of nitrogens with one attached hydrogen (secondary N) is 1. The van der Waals surface area contributed by atoms with Gasteiger partial charge < -0.3 is 10.1 Å². The van der Waals surface area contributed by atoms with Gasteiger partial charge in [0.05, 0.1) is 10.7 Å². The van der Waals surface area contributed by atoms with Gasteiger partial charge in [-0.15, -0.1) is 0 Å². The van der Waals surface area contributed by atoms with Crippen LogP contribution in [0.4, 0.5) is 0 Å². The Morgan fingerprint density at radius 3 is 2.89 bits per heavy atom. The van der Waals surface area contributed by atoms with Gasteiger partial charge in [-0.3, -0.25) is 4.68 Å². The summed E-state index contributed by atoms with van der Waals surface area (Å²) in [6.45, 7) is 4.14. The zero-order valence-corrected chi connectivity index (χ0v) is 11.9. The molecule has 1 aromatic heterocycles. The van der Waals surface area contributed by atoms with Crippen molar-refractivity contribution in [2.24, 2.45) is 7.05 Å². The van der Waals surface area contributed by atoms with Gasteiger partial charge in [-0.1, -0.05) is 30.7 Å². The van der Waals surface area contributed by atoms with Crippen molar-refractivity contribution < 1.29 is 4.74 Å². The van der Waals surface area contributed by atoms with Gasteiger partial charge in [0.25, 0.3) is 0 Å². The fourth-order valence-electron chi connectivity index (χ4n) is 1.80. The molecule has 1 aromatic carbocycles. The maximum absolute atomic E-state index is 6.20. The Bertz CT molecular complexity index is 539. The van der Waals surface area contributed by atoms with E-state index in [1.165, 1.54) is 0 Å². The first-order valence-corrected chi connectivity index (χ1v) is 6.68. The summed E-state index contributed by atoms with van der Waals surface area (Å²) in [4.78, 5) is 0. The zero-order valence-electron chi connectivity index (χ0n) is 11.2. The Kier molecular flexibility index (Phi) is 4.82. The highest BCUT2D eigenvalue weighted by molar-refractivity contribution is 6.32. The molecular formula is C14H18ClN3O. The smallest absolute Gasteiger partial charge is 0.142 e. The van der Waals surface area contributed by atoms with E-state index in [2.05, 4.69) is 17.3 Å². The molecule has 0 bridgehead atoms. The van der Waals surface area contributed by atoms with Gasteiger partial charge in [-0.05, 0) is 18.7 Å². The van der Waals surface area contributed by atoms with Crippen molar-refractivity contribution in [1.82, 2.24) is 15.1 Å². The third-order valence-electron chi connectivity index (χ3n) is 2.75. The molecule has 0 saturated carbocycles. The van der Waals surface area contributed by atoms with Gasteiger partial charge in [0.15, 0.2) is 0 Å². The van der Waals surface area contributed by atoms with Gasteiger partial charge in [0.1, 0.15) is 12.4 Å². The van der Waals surface area contributed by atoms with Crippen LogP contribution in [0.2, 0.25) is 5.02 Å². The Morgan fingerprint density at radius 2 is 2.21 bits per heavy atom. The number of aryl methyl sites for hydroxylation is 1. The maximum Gasteiger partial charge on any atom is 0.142 e. The molecule has 102 valence electrons. The maximum atomic E-state index is 6.20. The second-order valence-electron chi connectivity index (χ2n) is 4.28. The van der Waals surface area contributed by atoms with Crippen LogP contribution in [0.3, 0.4) is 0 Å². The number of aromatic nitrogens is 2. The number of ether oxygens (including phenoxy) is 1. The van der Waals surface area contributed by atoms with Gasteiger partial charge >= 0.3 is 0 Å². The number of nitrogens with zero attached hydrogens (tertiary/aromatic N) is 2. The second kappa shape index (κ2) is 6.59. The Balaban J connectivity index is 2.09. The molecule has 2 rings (SSSR count). The Hall–Kier alpha value is -1.52. The summed E-state index contributed by atoms with van der Waals surface area (Å²) < 4.78 is 7.57.